The van der Waals surface area contributed by atoms with Gasteiger partial charge in [0.05, 0.1) is 24.8 Å². The van der Waals surface area contributed by atoms with Crippen LogP contribution >= 0.6 is 34.7 Å². The van der Waals surface area contributed by atoms with Crippen LogP contribution in [0.3, 0.4) is 0 Å². The lowest BCUT2D eigenvalue weighted by Crippen LogP contribution is -2.29. The summed E-state index contributed by atoms with van der Waals surface area (Å²) in [5.74, 6) is 0.388. The van der Waals surface area contributed by atoms with Crippen molar-refractivity contribution in [1.82, 2.24) is 10.2 Å². The third-order valence-corrected chi connectivity index (χ3v) is 9.53. The van der Waals surface area contributed by atoms with Gasteiger partial charge in [0.15, 0.2) is 27.3 Å². The van der Waals surface area contributed by atoms with Gasteiger partial charge in [0, 0.05) is 16.3 Å². The number of anilines is 1. The Balaban J connectivity index is 1.43. The zero-order chi connectivity index (χ0) is 31.5. The van der Waals surface area contributed by atoms with Crippen LogP contribution in [0.4, 0.5) is 5.13 Å². The normalized spacial score (nSPS) is 17.0. The van der Waals surface area contributed by atoms with Crippen LogP contribution in [-0.4, -0.2) is 53.4 Å². The summed E-state index contributed by atoms with van der Waals surface area (Å²) < 4.78 is 23.5. The van der Waals surface area contributed by atoms with E-state index in [1.165, 1.54) is 28.0 Å². The number of carbonyl (C=O) groups excluding carboxylic acids is 2. The number of hydrogen-bond acceptors (Lipinski definition) is 11. The number of rotatable bonds is 10. The number of halogens is 1. The first kappa shape index (κ1) is 30.8. The number of hydrogen-bond donors (Lipinski definition) is 1. The summed E-state index contributed by atoms with van der Waals surface area (Å²) in [5.41, 5.74) is 1.63. The number of aliphatic hydroxyl groups is 1. The Morgan fingerprint density at radius 1 is 1.00 bits per heavy atom. The van der Waals surface area contributed by atoms with E-state index < -0.39 is 17.7 Å². The van der Waals surface area contributed by atoms with Gasteiger partial charge in [-0.05, 0) is 61.4 Å². The molecule has 45 heavy (non-hydrogen) atoms. The van der Waals surface area contributed by atoms with E-state index in [1.807, 2.05) is 38.1 Å². The Morgan fingerprint density at radius 3 is 2.53 bits per heavy atom. The van der Waals surface area contributed by atoms with E-state index in [1.54, 1.807) is 36.4 Å². The number of aromatic nitrogens is 2. The Labute approximate surface area is 272 Å². The molecular weight excluding hydrogens is 638 g/mol. The number of fused-ring (bicyclic) bond motifs is 1. The molecule has 1 fully saturated rings. The molecule has 0 spiro atoms. The van der Waals surface area contributed by atoms with Crippen LogP contribution in [0.1, 0.15) is 36.6 Å². The van der Waals surface area contributed by atoms with Gasteiger partial charge in [-0.2, -0.15) is 0 Å². The summed E-state index contributed by atoms with van der Waals surface area (Å²) in [4.78, 5) is 28.7. The standard InChI is InChI=1S/C32H28ClN3O7S2/c1-3-40-22-11-9-18(15-24(22)41-4-2)27-26(28(37)19-10-12-23-25(16-19)43-14-13-42-23)29(38)30(39)36(27)31-34-35-32(45-31)44-17-20-7-5-6-8-21(20)33/h5-12,15-16,27,37H,3-4,13-14,17H2,1-2H3/b28-26+/t27-/m1/s1. The first-order valence-corrected chi connectivity index (χ1v) is 16.4. The molecule has 0 radical (unpaired) electrons. The number of ether oxygens (including phenoxy) is 4. The van der Waals surface area contributed by atoms with Crippen molar-refractivity contribution in [3.8, 4) is 23.0 Å². The minimum absolute atomic E-state index is 0.108. The monoisotopic (exact) mass is 665 g/mol. The smallest absolute Gasteiger partial charge is 0.301 e. The average molecular weight is 666 g/mol. The maximum atomic E-state index is 13.7. The topological polar surface area (TPSA) is 120 Å². The van der Waals surface area contributed by atoms with Gasteiger partial charge < -0.3 is 24.1 Å². The van der Waals surface area contributed by atoms with E-state index in [-0.39, 0.29) is 16.5 Å². The van der Waals surface area contributed by atoms with Gasteiger partial charge in [0.2, 0.25) is 5.13 Å². The second-order valence-corrected chi connectivity index (χ2v) is 12.4. The highest BCUT2D eigenvalue weighted by atomic mass is 35.5. The van der Waals surface area contributed by atoms with Gasteiger partial charge in [-0.3, -0.25) is 14.5 Å². The summed E-state index contributed by atoms with van der Waals surface area (Å²) in [6.07, 6.45) is 0. The van der Waals surface area contributed by atoms with Crippen LogP contribution in [-0.2, 0) is 15.3 Å². The molecule has 1 N–H and O–H groups in total. The second kappa shape index (κ2) is 13.4. The fraction of sp³-hybridized carbons (Fsp3) is 0.250. The van der Waals surface area contributed by atoms with Gasteiger partial charge in [0.25, 0.3) is 5.78 Å². The lowest BCUT2D eigenvalue weighted by molar-refractivity contribution is -0.132. The number of amides is 1. The largest absolute Gasteiger partial charge is 0.507 e. The molecule has 3 heterocycles. The van der Waals surface area contributed by atoms with Gasteiger partial charge in [0.1, 0.15) is 19.0 Å². The molecule has 1 amide bonds. The molecule has 13 heteroatoms. The number of ketones is 1. The predicted molar refractivity (Wildman–Crippen MR) is 172 cm³/mol. The molecule has 0 saturated carbocycles. The van der Waals surface area contributed by atoms with E-state index in [0.717, 1.165) is 5.56 Å². The number of aliphatic hydroxyl groups excluding tert-OH is 1. The van der Waals surface area contributed by atoms with Crippen LogP contribution in [0.2, 0.25) is 5.02 Å². The molecule has 1 saturated heterocycles. The quantitative estimate of drug-likeness (QED) is 0.0646. The zero-order valence-electron chi connectivity index (χ0n) is 24.3. The molecule has 3 aromatic carbocycles. The molecule has 10 nitrogen and oxygen atoms in total. The van der Waals surface area contributed by atoms with Crippen molar-refractivity contribution in [2.24, 2.45) is 0 Å². The third-order valence-electron chi connectivity index (χ3n) is 7.05. The number of benzene rings is 3. The summed E-state index contributed by atoms with van der Waals surface area (Å²) in [6, 6.07) is 16.5. The van der Waals surface area contributed by atoms with Crippen molar-refractivity contribution in [2.75, 3.05) is 31.3 Å². The molecule has 1 atom stereocenters. The highest BCUT2D eigenvalue weighted by Crippen LogP contribution is 2.46. The highest BCUT2D eigenvalue weighted by molar-refractivity contribution is 8.00. The van der Waals surface area contributed by atoms with E-state index in [0.29, 0.717) is 75.7 Å². The van der Waals surface area contributed by atoms with E-state index >= 15 is 0 Å². The highest BCUT2D eigenvalue weighted by Gasteiger charge is 2.48. The van der Waals surface area contributed by atoms with E-state index in [9.17, 15) is 14.7 Å². The zero-order valence-corrected chi connectivity index (χ0v) is 26.7. The Bertz CT molecular complexity index is 1790. The fourth-order valence-electron chi connectivity index (χ4n) is 5.04. The van der Waals surface area contributed by atoms with Crippen LogP contribution in [0.5, 0.6) is 23.0 Å². The number of Topliss-reactive ketones (excluding diaryl/α,β-unsaturated/α-hetero) is 1. The average Bonchev–Trinajstić information content (AvgIpc) is 3.62. The van der Waals surface area contributed by atoms with Gasteiger partial charge >= 0.3 is 5.91 Å². The Morgan fingerprint density at radius 2 is 1.76 bits per heavy atom. The number of nitrogens with zero attached hydrogens (tertiary/aromatic N) is 3. The summed E-state index contributed by atoms with van der Waals surface area (Å²) in [5, 5.41) is 21.1. The molecule has 0 unspecified atom stereocenters. The Kier molecular flexibility index (Phi) is 9.15. The minimum atomic E-state index is -1.04. The molecule has 232 valence electrons. The molecule has 0 bridgehead atoms. The molecule has 2 aliphatic rings. The van der Waals surface area contributed by atoms with Crippen molar-refractivity contribution < 1.29 is 33.6 Å². The second-order valence-electron chi connectivity index (χ2n) is 9.83. The lowest BCUT2D eigenvalue weighted by atomic mass is 9.95. The van der Waals surface area contributed by atoms with Crippen LogP contribution in [0, 0.1) is 0 Å². The lowest BCUT2D eigenvalue weighted by Gasteiger charge is -2.24. The molecule has 1 aromatic heterocycles. The first-order chi connectivity index (χ1) is 21.9. The SMILES string of the molecule is CCOc1ccc([C@@H]2/C(=C(\O)c3ccc4c(c3)OCCO4)C(=O)C(=O)N2c2nnc(SCc3ccccc3Cl)s2)cc1OCC. The minimum Gasteiger partial charge on any atom is -0.507 e. The van der Waals surface area contributed by atoms with Crippen LogP contribution in [0.15, 0.2) is 70.6 Å². The molecule has 0 aliphatic carbocycles. The van der Waals surface area contributed by atoms with Crippen molar-refractivity contribution in [1.29, 1.82) is 0 Å². The van der Waals surface area contributed by atoms with Crippen LogP contribution in [0.25, 0.3) is 5.76 Å². The molecule has 2 aliphatic heterocycles. The Hall–Kier alpha value is -4.26. The van der Waals surface area contributed by atoms with E-state index in [2.05, 4.69) is 10.2 Å². The third kappa shape index (κ3) is 6.18. The van der Waals surface area contributed by atoms with Crippen molar-refractivity contribution in [2.45, 2.75) is 30.0 Å². The first-order valence-electron chi connectivity index (χ1n) is 14.2. The molecule has 6 rings (SSSR count). The van der Waals surface area contributed by atoms with Gasteiger partial charge in [-0.15, -0.1) is 10.2 Å². The predicted octanol–water partition coefficient (Wildman–Crippen LogP) is 6.68. The van der Waals surface area contributed by atoms with Gasteiger partial charge in [-0.25, -0.2) is 0 Å². The summed E-state index contributed by atoms with van der Waals surface area (Å²) >= 11 is 8.90. The molecule has 4 aromatic rings. The number of thioether (sulfide) groups is 1. The van der Waals surface area contributed by atoms with E-state index in [4.69, 9.17) is 30.5 Å². The maximum Gasteiger partial charge on any atom is 0.301 e. The fourth-order valence-corrected chi connectivity index (χ4v) is 7.20. The maximum absolute atomic E-state index is 13.7. The summed E-state index contributed by atoms with van der Waals surface area (Å²) in [6.45, 7) is 5.25. The number of carbonyl (C=O) groups is 2. The van der Waals surface area contributed by atoms with Crippen molar-refractivity contribution in [3.63, 3.8) is 0 Å². The van der Waals surface area contributed by atoms with Gasteiger partial charge in [-0.1, -0.05) is 59.0 Å². The molecular formula is C32H28ClN3O7S2. The van der Waals surface area contributed by atoms with Crippen molar-refractivity contribution >= 4 is 57.3 Å². The van der Waals surface area contributed by atoms with Crippen LogP contribution < -0.4 is 23.8 Å². The summed E-state index contributed by atoms with van der Waals surface area (Å²) in [7, 11) is 0. The van der Waals surface area contributed by atoms with Crippen molar-refractivity contribution in [3.05, 3.63) is 87.9 Å².